The normalized spacial score (nSPS) is 18.9. The Morgan fingerprint density at radius 1 is 1.42 bits per heavy atom. The van der Waals surface area contributed by atoms with Gasteiger partial charge in [0.1, 0.15) is 11.8 Å². The highest BCUT2D eigenvalue weighted by molar-refractivity contribution is 6.03. The van der Waals surface area contributed by atoms with E-state index in [2.05, 4.69) is 10.6 Å². The molecule has 0 saturated carbocycles. The third-order valence-corrected chi connectivity index (χ3v) is 3.02. The van der Waals surface area contributed by atoms with E-state index in [-0.39, 0.29) is 30.1 Å². The summed E-state index contributed by atoms with van der Waals surface area (Å²) < 4.78 is 0. The fourth-order valence-corrected chi connectivity index (χ4v) is 1.82. The number of hydrogen-bond donors (Lipinski definition) is 3. The summed E-state index contributed by atoms with van der Waals surface area (Å²) in [5.74, 6) is -1.26. The van der Waals surface area contributed by atoms with Crippen molar-refractivity contribution >= 4 is 17.7 Å². The molecule has 1 aromatic carbocycles. The molecule has 1 aliphatic heterocycles. The quantitative estimate of drug-likeness (QED) is 0.665. The highest BCUT2D eigenvalue weighted by atomic mass is 16.3. The van der Waals surface area contributed by atoms with Gasteiger partial charge in [-0.1, -0.05) is 6.07 Å². The van der Waals surface area contributed by atoms with E-state index in [1.807, 2.05) is 0 Å². The molecule has 3 amide bonds. The third-order valence-electron chi connectivity index (χ3n) is 3.02. The Labute approximate surface area is 109 Å². The summed E-state index contributed by atoms with van der Waals surface area (Å²) in [6, 6.07) is 3.82. The smallest absolute Gasteiger partial charge is 0.252 e. The SMILES string of the molecule is Cc1ccc(C(=O)NC2CCC(=O)NC2=O)cc1O. The molecule has 1 saturated heterocycles. The average Bonchev–Trinajstić information content (AvgIpc) is 2.36. The summed E-state index contributed by atoms with van der Waals surface area (Å²) in [7, 11) is 0. The molecule has 0 aromatic heterocycles. The van der Waals surface area contributed by atoms with Gasteiger partial charge < -0.3 is 10.4 Å². The van der Waals surface area contributed by atoms with Gasteiger partial charge in [-0.2, -0.15) is 0 Å². The van der Waals surface area contributed by atoms with Gasteiger partial charge in [-0.25, -0.2) is 0 Å². The second-order valence-electron chi connectivity index (χ2n) is 4.48. The number of rotatable bonds is 2. The number of aromatic hydroxyl groups is 1. The number of piperidine rings is 1. The monoisotopic (exact) mass is 262 g/mol. The zero-order valence-electron chi connectivity index (χ0n) is 10.4. The van der Waals surface area contributed by atoms with Crippen LogP contribution in [0.25, 0.3) is 0 Å². The summed E-state index contributed by atoms with van der Waals surface area (Å²) >= 11 is 0. The maximum atomic E-state index is 11.9. The first-order valence-electron chi connectivity index (χ1n) is 5.91. The van der Waals surface area contributed by atoms with Crippen LogP contribution in [0.3, 0.4) is 0 Å². The number of aryl methyl sites for hydroxylation is 1. The second kappa shape index (κ2) is 5.09. The van der Waals surface area contributed by atoms with Crippen LogP contribution in [0.4, 0.5) is 0 Å². The van der Waals surface area contributed by atoms with Crippen molar-refractivity contribution in [3.8, 4) is 5.75 Å². The van der Waals surface area contributed by atoms with E-state index in [9.17, 15) is 19.5 Å². The maximum Gasteiger partial charge on any atom is 0.252 e. The van der Waals surface area contributed by atoms with Crippen molar-refractivity contribution in [1.29, 1.82) is 0 Å². The van der Waals surface area contributed by atoms with Crippen LogP contribution in [-0.2, 0) is 9.59 Å². The fraction of sp³-hybridized carbons (Fsp3) is 0.308. The van der Waals surface area contributed by atoms with Crippen molar-refractivity contribution in [2.45, 2.75) is 25.8 Å². The predicted octanol–water partition coefficient (Wildman–Crippen LogP) is 0.236. The first-order valence-corrected chi connectivity index (χ1v) is 5.91. The number of carbonyl (C=O) groups is 3. The van der Waals surface area contributed by atoms with Crippen LogP contribution in [0.5, 0.6) is 5.75 Å². The fourth-order valence-electron chi connectivity index (χ4n) is 1.82. The molecule has 6 heteroatoms. The Morgan fingerprint density at radius 2 is 2.16 bits per heavy atom. The number of carbonyl (C=O) groups excluding carboxylic acids is 3. The van der Waals surface area contributed by atoms with Crippen molar-refractivity contribution in [1.82, 2.24) is 10.6 Å². The largest absolute Gasteiger partial charge is 0.508 e. The average molecular weight is 262 g/mol. The van der Waals surface area contributed by atoms with Crippen LogP contribution >= 0.6 is 0 Å². The molecule has 100 valence electrons. The highest BCUT2D eigenvalue weighted by Gasteiger charge is 2.28. The second-order valence-corrected chi connectivity index (χ2v) is 4.48. The molecule has 1 heterocycles. The molecule has 6 nitrogen and oxygen atoms in total. The molecular weight excluding hydrogens is 248 g/mol. The minimum absolute atomic E-state index is 0.0240. The molecular formula is C13H14N2O4. The van der Waals surface area contributed by atoms with Gasteiger partial charge in [-0.05, 0) is 31.0 Å². The molecule has 0 radical (unpaired) electrons. The van der Waals surface area contributed by atoms with Gasteiger partial charge in [0, 0.05) is 12.0 Å². The topological polar surface area (TPSA) is 95.5 Å². The number of phenols is 1. The molecule has 0 spiro atoms. The Hall–Kier alpha value is -2.37. The number of nitrogens with one attached hydrogen (secondary N) is 2. The molecule has 1 atom stereocenters. The minimum Gasteiger partial charge on any atom is -0.508 e. The summed E-state index contributed by atoms with van der Waals surface area (Å²) in [5, 5.41) is 14.2. The lowest BCUT2D eigenvalue weighted by atomic mass is 10.0. The van der Waals surface area contributed by atoms with Crippen LogP contribution in [0, 0.1) is 6.92 Å². The Bertz CT molecular complexity index is 554. The summed E-state index contributed by atoms with van der Waals surface area (Å²) in [4.78, 5) is 34.4. The number of benzene rings is 1. The Morgan fingerprint density at radius 3 is 2.79 bits per heavy atom. The highest BCUT2D eigenvalue weighted by Crippen LogP contribution is 2.17. The Kier molecular flexibility index (Phi) is 3.50. The molecule has 3 N–H and O–H groups in total. The number of phenolic OH excluding ortho intramolecular Hbond substituents is 1. The van der Waals surface area contributed by atoms with Crippen molar-refractivity contribution in [2.24, 2.45) is 0 Å². The van der Waals surface area contributed by atoms with Crippen molar-refractivity contribution in [2.75, 3.05) is 0 Å². The summed E-state index contributed by atoms with van der Waals surface area (Å²) in [5.41, 5.74) is 0.936. The first kappa shape index (κ1) is 13.1. The van der Waals surface area contributed by atoms with Crippen molar-refractivity contribution in [3.63, 3.8) is 0 Å². The van der Waals surface area contributed by atoms with Gasteiger partial charge >= 0.3 is 0 Å². The van der Waals surface area contributed by atoms with E-state index < -0.39 is 17.9 Å². The zero-order chi connectivity index (χ0) is 14.0. The van der Waals surface area contributed by atoms with E-state index in [0.29, 0.717) is 5.56 Å². The minimum atomic E-state index is -0.714. The molecule has 1 aromatic rings. The van der Waals surface area contributed by atoms with E-state index in [4.69, 9.17) is 0 Å². The van der Waals surface area contributed by atoms with Crippen LogP contribution < -0.4 is 10.6 Å². The van der Waals surface area contributed by atoms with Gasteiger partial charge in [0.15, 0.2) is 0 Å². The summed E-state index contributed by atoms with van der Waals surface area (Å²) in [6.07, 6.45) is 0.490. The van der Waals surface area contributed by atoms with E-state index in [1.54, 1.807) is 19.1 Å². The van der Waals surface area contributed by atoms with Gasteiger partial charge in [0.05, 0.1) is 0 Å². The van der Waals surface area contributed by atoms with E-state index in [0.717, 1.165) is 0 Å². The van der Waals surface area contributed by atoms with Gasteiger partial charge in [0.25, 0.3) is 5.91 Å². The van der Waals surface area contributed by atoms with Crippen LogP contribution in [0.15, 0.2) is 18.2 Å². The van der Waals surface area contributed by atoms with Gasteiger partial charge in [-0.15, -0.1) is 0 Å². The molecule has 2 rings (SSSR count). The maximum absolute atomic E-state index is 11.9. The number of amides is 3. The Balaban J connectivity index is 2.06. The van der Waals surface area contributed by atoms with Gasteiger partial charge in [-0.3, -0.25) is 19.7 Å². The first-order chi connectivity index (χ1) is 8.97. The van der Waals surface area contributed by atoms with Crippen LogP contribution in [0.1, 0.15) is 28.8 Å². The summed E-state index contributed by atoms with van der Waals surface area (Å²) in [6.45, 7) is 1.72. The number of imide groups is 1. The molecule has 19 heavy (non-hydrogen) atoms. The van der Waals surface area contributed by atoms with E-state index >= 15 is 0 Å². The molecule has 1 aliphatic rings. The predicted molar refractivity (Wildman–Crippen MR) is 66.5 cm³/mol. The lowest BCUT2D eigenvalue weighted by molar-refractivity contribution is -0.134. The molecule has 1 fully saturated rings. The van der Waals surface area contributed by atoms with Crippen molar-refractivity contribution < 1.29 is 19.5 Å². The number of hydrogen-bond acceptors (Lipinski definition) is 4. The molecule has 1 unspecified atom stereocenters. The standard InChI is InChI=1S/C13H14N2O4/c1-7-2-3-8(6-10(7)16)12(18)14-9-4-5-11(17)15-13(9)19/h2-3,6,9,16H,4-5H2,1H3,(H,14,18)(H,15,17,19). The van der Waals surface area contributed by atoms with Gasteiger partial charge in [0.2, 0.25) is 11.8 Å². The lowest BCUT2D eigenvalue weighted by Gasteiger charge is -2.21. The lowest BCUT2D eigenvalue weighted by Crippen LogP contribution is -2.52. The molecule has 0 bridgehead atoms. The van der Waals surface area contributed by atoms with Crippen LogP contribution in [0.2, 0.25) is 0 Å². The van der Waals surface area contributed by atoms with Crippen molar-refractivity contribution in [3.05, 3.63) is 29.3 Å². The molecule has 0 aliphatic carbocycles. The van der Waals surface area contributed by atoms with Crippen LogP contribution in [-0.4, -0.2) is 28.9 Å². The zero-order valence-corrected chi connectivity index (χ0v) is 10.4. The van der Waals surface area contributed by atoms with E-state index in [1.165, 1.54) is 6.07 Å². The third kappa shape index (κ3) is 2.90.